The first-order valence-electron chi connectivity index (χ1n) is 5.49. The summed E-state index contributed by atoms with van der Waals surface area (Å²) in [6, 6.07) is 8.62. The third kappa shape index (κ3) is 3.62. The van der Waals surface area contributed by atoms with Crippen molar-refractivity contribution in [3.63, 3.8) is 0 Å². The second-order valence-corrected chi connectivity index (χ2v) is 8.53. The zero-order valence-corrected chi connectivity index (χ0v) is 14.5. The van der Waals surface area contributed by atoms with Gasteiger partial charge in [0.2, 0.25) is 0 Å². The van der Waals surface area contributed by atoms with Gasteiger partial charge in [0, 0.05) is 8.45 Å². The fourth-order valence-electron chi connectivity index (χ4n) is 1.46. The molecule has 1 N–H and O–H groups in total. The van der Waals surface area contributed by atoms with E-state index in [0.717, 1.165) is 14.9 Å². The van der Waals surface area contributed by atoms with Crippen molar-refractivity contribution in [3.8, 4) is 0 Å². The summed E-state index contributed by atoms with van der Waals surface area (Å²) in [6.07, 6.45) is 0.824. The fourth-order valence-corrected chi connectivity index (χ4v) is 4.79. The normalized spacial score (nSPS) is 11.5. The molecule has 0 aliphatic heterocycles. The molecule has 0 fully saturated rings. The molecule has 1 aromatic carbocycles. The molecule has 0 aliphatic rings. The molecule has 0 bridgehead atoms. The first kappa shape index (κ1) is 15.1. The summed E-state index contributed by atoms with van der Waals surface area (Å²) in [6.45, 7) is 1.99. The van der Waals surface area contributed by atoms with Crippen LogP contribution in [-0.4, -0.2) is 8.42 Å². The van der Waals surface area contributed by atoms with Gasteiger partial charge < -0.3 is 0 Å². The minimum absolute atomic E-state index is 0.305. The minimum Gasteiger partial charge on any atom is -0.277 e. The van der Waals surface area contributed by atoms with Gasteiger partial charge in [0.25, 0.3) is 10.0 Å². The molecule has 1 heterocycles. The van der Waals surface area contributed by atoms with Crippen LogP contribution in [0.5, 0.6) is 0 Å². The number of nitrogens with one attached hydrogen (secondary N) is 1. The van der Waals surface area contributed by atoms with Crippen molar-refractivity contribution < 1.29 is 8.42 Å². The average molecular weight is 428 g/mol. The van der Waals surface area contributed by atoms with Gasteiger partial charge in [-0.15, -0.1) is 11.3 Å². The van der Waals surface area contributed by atoms with Gasteiger partial charge in [-0.25, -0.2) is 8.42 Å². The summed E-state index contributed by atoms with van der Waals surface area (Å²) < 4.78 is 28.2. The van der Waals surface area contributed by atoms with Crippen LogP contribution >= 0.6 is 45.5 Å². The van der Waals surface area contributed by atoms with Crippen molar-refractivity contribution in [1.82, 2.24) is 0 Å². The molecule has 102 valence electrons. The van der Waals surface area contributed by atoms with Gasteiger partial charge in [-0.1, -0.05) is 18.5 Å². The number of anilines is 1. The summed E-state index contributed by atoms with van der Waals surface area (Å²) in [5.41, 5.74) is 0.397. The summed E-state index contributed by atoms with van der Waals surface area (Å²) >= 11 is 9.42. The number of aryl methyl sites for hydroxylation is 1. The number of rotatable bonds is 4. The Morgan fingerprint density at radius 3 is 2.63 bits per heavy atom. The molecular weight excluding hydrogens is 417 g/mol. The van der Waals surface area contributed by atoms with Crippen molar-refractivity contribution in [2.24, 2.45) is 0 Å². The van der Waals surface area contributed by atoms with Crippen LogP contribution in [0.25, 0.3) is 0 Å². The Labute approximate surface area is 135 Å². The summed E-state index contributed by atoms with van der Waals surface area (Å²) in [7, 11) is -3.56. The van der Waals surface area contributed by atoms with Crippen molar-refractivity contribution in [3.05, 3.63) is 43.8 Å². The maximum Gasteiger partial charge on any atom is 0.271 e. The maximum absolute atomic E-state index is 12.2. The lowest BCUT2D eigenvalue weighted by molar-refractivity contribution is 0.603. The Bertz CT molecular complexity index is 698. The second-order valence-electron chi connectivity index (χ2n) is 3.80. The highest BCUT2D eigenvalue weighted by atomic mass is 127. The van der Waals surface area contributed by atoms with Crippen molar-refractivity contribution in [2.75, 3.05) is 4.72 Å². The van der Waals surface area contributed by atoms with Gasteiger partial charge in [-0.05, 0) is 59.3 Å². The zero-order valence-electron chi connectivity index (χ0n) is 9.98. The molecule has 0 saturated heterocycles. The number of halogens is 2. The predicted octanol–water partition coefficient (Wildman–Crippen LogP) is 4.37. The Morgan fingerprint density at radius 2 is 2.05 bits per heavy atom. The van der Waals surface area contributed by atoms with Crippen LogP contribution in [0.4, 0.5) is 5.69 Å². The lowest BCUT2D eigenvalue weighted by Crippen LogP contribution is -2.11. The molecule has 0 spiro atoms. The highest BCUT2D eigenvalue weighted by Gasteiger charge is 2.18. The topological polar surface area (TPSA) is 46.2 Å². The smallest absolute Gasteiger partial charge is 0.271 e. The zero-order chi connectivity index (χ0) is 14.0. The minimum atomic E-state index is -3.56. The van der Waals surface area contributed by atoms with E-state index in [1.807, 2.05) is 13.0 Å². The average Bonchev–Trinajstić information content (AvgIpc) is 2.82. The predicted molar refractivity (Wildman–Crippen MR) is 88.7 cm³/mol. The Kier molecular flexibility index (Phi) is 4.75. The Balaban J connectivity index is 2.30. The quantitative estimate of drug-likeness (QED) is 0.737. The molecule has 0 aliphatic carbocycles. The molecule has 3 nitrogen and oxygen atoms in total. The van der Waals surface area contributed by atoms with Crippen LogP contribution in [0.3, 0.4) is 0 Å². The van der Waals surface area contributed by atoms with Crippen LogP contribution in [0.2, 0.25) is 5.02 Å². The molecule has 0 radical (unpaired) electrons. The van der Waals surface area contributed by atoms with Gasteiger partial charge in [0.1, 0.15) is 4.21 Å². The molecule has 19 heavy (non-hydrogen) atoms. The fraction of sp³-hybridized carbons (Fsp3) is 0.167. The van der Waals surface area contributed by atoms with Crippen molar-refractivity contribution in [1.29, 1.82) is 0 Å². The van der Waals surface area contributed by atoms with E-state index in [4.69, 9.17) is 11.6 Å². The summed E-state index contributed by atoms with van der Waals surface area (Å²) in [5, 5.41) is 0.391. The van der Waals surface area contributed by atoms with E-state index in [0.29, 0.717) is 14.9 Å². The van der Waals surface area contributed by atoms with Gasteiger partial charge in [0.15, 0.2) is 0 Å². The molecule has 0 amide bonds. The van der Waals surface area contributed by atoms with Crippen LogP contribution < -0.4 is 4.72 Å². The van der Waals surface area contributed by atoms with E-state index in [1.165, 1.54) is 11.3 Å². The SMILES string of the molecule is CCc1ccc(S(=O)(=O)Nc2ccc(I)cc2Cl)s1. The van der Waals surface area contributed by atoms with Crippen molar-refractivity contribution >= 4 is 61.2 Å². The molecule has 2 rings (SSSR count). The standard InChI is InChI=1S/C12H11ClINO2S2/c1-2-9-4-6-12(18-9)19(16,17)15-11-5-3-8(14)7-10(11)13/h3-7,15H,2H2,1H3. The van der Waals surface area contributed by atoms with Gasteiger partial charge >= 0.3 is 0 Å². The number of thiophene rings is 1. The molecular formula is C12H11ClINO2S2. The van der Waals surface area contributed by atoms with E-state index >= 15 is 0 Å². The highest BCUT2D eigenvalue weighted by Crippen LogP contribution is 2.28. The molecule has 1 aromatic heterocycles. The third-order valence-electron chi connectivity index (χ3n) is 2.43. The first-order valence-corrected chi connectivity index (χ1v) is 9.24. The largest absolute Gasteiger partial charge is 0.277 e. The number of hydrogen-bond donors (Lipinski definition) is 1. The van der Waals surface area contributed by atoms with E-state index in [-0.39, 0.29) is 0 Å². The highest BCUT2D eigenvalue weighted by molar-refractivity contribution is 14.1. The van der Waals surface area contributed by atoms with Crippen LogP contribution in [-0.2, 0) is 16.4 Å². The molecule has 0 saturated carbocycles. The van der Waals surface area contributed by atoms with E-state index in [2.05, 4.69) is 27.3 Å². The Hall–Kier alpha value is -0.310. The van der Waals surface area contributed by atoms with Gasteiger partial charge in [-0.2, -0.15) is 0 Å². The van der Waals surface area contributed by atoms with Crippen molar-refractivity contribution in [2.45, 2.75) is 17.6 Å². The maximum atomic E-state index is 12.2. The lowest BCUT2D eigenvalue weighted by Gasteiger charge is -2.08. The summed E-state index contributed by atoms with van der Waals surface area (Å²) in [5.74, 6) is 0. The molecule has 7 heteroatoms. The lowest BCUT2D eigenvalue weighted by atomic mass is 10.3. The number of sulfonamides is 1. The first-order chi connectivity index (χ1) is 8.92. The second kappa shape index (κ2) is 5.99. The van der Waals surface area contributed by atoms with Gasteiger partial charge in [-0.3, -0.25) is 4.72 Å². The molecule has 0 unspecified atom stereocenters. The monoisotopic (exact) mass is 427 g/mol. The number of benzene rings is 1. The Morgan fingerprint density at radius 1 is 1.32 bits per heavy atom. The van der Waals surface area contributed by atoms with E-state index < -0.39 is 10.0 Å². The van der Waals surface area contributed by atoms with Crippen LogP contribution in [0.1, 0.15) is 11.8 Å². The van der Waals surface area contributed by atoms with Crippen LogP contribution in [0.15, 0.2) is 34.5 Å². The van der Waals surface area contributed by atoms with E-state index in [9.17, 15) is 8.42 Å². The third-order valence-corrected chi connectivity index (χ3v) is 6.50. The van der Waals surface area contributed by atoms with Gasteiger partial charge in [0.05, 0.1) is 10.7 Å². The molecule has 2 aromatic rings. The number of hydrogen-bond acceptors (Lipinski definition) is 3. The molecule has 0 atom stereocenters. The summed E-state index contributed by atoms with van der Waals surface area (Å²) in [4.78, 5) is 1.04. The van der Waals surface area contributed by atoms with Crippen LogP contribution in [0, 0.1) is 3.57 Å². The van der Waals surface area contributed by atoms with E-state index in [1.54, 1.807) is 24.3 Å².